The molecule has 1 atom stereocenters. The Hall–Kier alpha value is -1.94. The second-order valence-corrected chi connectivity index (χ2v) is 5.90. The summed E-state index contributed by atoms with van der Waals surface area (Å²) in [7, 11) is 0. The summed E-state index contributed by atoms with van der Waals surface area (Å²) in [5.74, 6) is 0. The van der Waals surface area contributed by atoms with Crippen molar-refractivity contribution in [3.05, 3.63) is 94.2 Å². The highest BCUT2D eigenvalue weighted by atomic mass is 32.1. The van der Waals surface area contributed by atoms with Crippen LogP contribution in [0.5, 0.6) is 0 Å². The molecule has 0 aliphatic carbocycles. The molecule has 0 aliphatic rings. The van der Waals surface area contributed by atoms with Crippen LogP contribution in [0.1, 0.15) is 22.1 Å². The van der Waals surface area contributed by atoms with Gasteiger partial charge in [0.1, 0.15) is 11.7 Å². The highest BCUT2D eigenvalue weighted by Crippen LogP contribution is 2.42. The van der Waals surface area contributed by atoms with E-state index in [1.165, 1.54) is 11.3 Å². The predicted molar refractivity (Wildman–Crippen MR) is 85.2 cm³/mol. The average Bonchev–Trinajstić information content (AvgIpc) is 3.09. The lowest BCUT2D eigenvalue weighted by molar-refractivity contribution is -0.0499. The van der Waals surface area contributed by atoms with Crippen molar-refractivity contribution < 1.29 is 10.2 Å². The van der Waals surface area contributed by atoms with Gasteiger partial charge in [-0.15, -0.1) is 11.3 Å². The number of aliphatic hydroxyl groups excluding tert-OH is 1. The number of rotatable bonds is 4. The summed E-state index contributed by atoms with van der Waals surface area (Å²) in [6, 6.07) is 22.3. The van der Waals surface area contributed by atoms with Crippen LogP contribution in [-0.2, 0) is 5.60 Å². The van der Waals surface area contributed by atoms with Gasteiger partial charge < -0.3 is 10.2 Å². The van der Waals surface area contributed by atoms with Crippen molar-refractivity contribution >= 4 is 11.3 Å². The fourth-order valence-electron chi connectivity index (χ4n) is 2.52. The second-order valence-electron chi connectivity index (χ2n) is 4.92. The van der Waals surface area contributed by atoms with E-state index in [9.17, 15) is 10.2 Å². The first-order chi connectivity index (χ1) is 10.2. The molecule has 1 aromatic heterocycles. The van der Waals surface area contributed by atoms with E-state index in [2.05, 4.69) is 0 Å². The number of hydrogen-bond donors (Lipinski definition) is 2. The topological polar surface area (TPSA) is 40.5 Å². The standard InChI is InChI=1S/C18H16O2S/c19-17(16-12-7-13-21-16)18(20,14-8-3-1-4-9-14)15-10-5-2-6-11-15/h1-13,17,19-20H. The van der Waals surface area contributed by atoms with Crippen LogP contribution in [0.3, 0.4) is 0 Å². The van der Waals surface area contributed by atoms with Gasteiger partial charge >= 0.3 is 0 Å². The highest BCUT2D eigenvalue weighted by molar-refractivity contribution is 7.10. The van der Waals surface area contributed by atoms with Crippen molar-refractivity contribution in [2.45, 2.75) is 11.7 Å². The molecule has 1 unspecified atom stereocenters. The van der Waals surface area contributed by atoms with Crippen molar-refractivity contribution in [3.63, 3.8) is 0 Å². The summed E-state index contributed by atoms with van der Waals surface area (Å²) < 4.78 is 0. The molecule has 0 saturated heterocycles. The molecule has 0 amide bonds. The van der Waals surface area contributed by atoms with Crippen LogP contribution >= 0.6 is 11.3 Å². The molecule has 3 rings (SSSR count). The fourth-order valence-corrected chi connectivity index (χ4v) is 3.29. The van der Waals surface area contributed by atoms with Crippen LogP contribution < -0.4 is 0 Å². The Kier molecular flexibility index (Phi) is 3.88. The van der Waals surface area contributed by atoms with E-state index in [0.717, 1.165) is 4.88 Å². The third-order valence-corrected chi connectivity index (χ3v) is 4.56. The summed E-state index contributed by atoms with van der Waals surface area (Å²) in [6.45, 7) is 0. The van der Waals surface area contributed by atoms with Crippen LogP contribution in [-0.4, -0.2) is 10.2 Å². The Balaban J connectivity index is 2.16. The molecule has 21 heavy (non-hydrogen) atoms. The Bertz CT molecular complexity index is 638. The minimum absolute atomic E-state index is 0.678. The van der Waals surface area contributed by atoms with Gasteiger partial charge in [0, 0.05) is 4.88 Å². The Morgan fingerprint density at radius 1 is 0.762 bits per heavy atom. The van der Waals surface area contributed by atoms with Gasteiger partial charge in [-0.2, -0.15) is 0 Å². The Morgan fingerprint density at radius 3 is 1.71 bits per heavy atom. The third-order valence-electron chi connectivity index (χ3n) is 3.64. The molecule has 0 radical (unpaired) electrons. The van der Waals surface area contributed by atoms with E-state index < -0.39 is 11.7 Å². The van der Waals surface area contributed by atoms with Gasteiger partial charge in [-0.1, -0.05) is 66.7 Å². The number of aliphatic hydroxyl groups is 2. The van der Waals surface area contributed by atoms with Crippen molar-refractivity contribution in [2.24, 2.45) is 0 Å². The SMILES string of the molecule is OC(c1cccs1)C(O)(c1ccccc1)c1ccccc1. The largest absolute Gasteiger partial charge is 0.384 e. The van der Waals surface area contributed by atoms with Crippen LogP contribution in [0, 0.1) is 0 Å². The lowest BCUT2D eigenvalue weighted by Gasteiger charge is -2.33. The lowest BCUT2D eigenvalue weighted by atomic mass is 9.81. The van der Waals surface area contributed by atoms with Crippen LogP contribution in [0.25, 0.3) is 0 Å². The van der Waals surface area contributed by atoms with E-state index in [1.54, 1.807) is 0 Å². The van der Waals surface area contributed by atoms with Crippen LogP contribution in [0.4, 0.5) is 0 Å². The monoisotopic (exact) mass is 296 g/mol. The molecule has 2 nitrogen and oxygen atoms in total. The Labute approximate surface area is 128 Å². The van der Waals surface area contributed by atoms with Gasteiger partial charge in [0.25, 0.3) is 0 Å². The summed E-state index contributed by atoms with van der Waals surface area (Å²) in [5.41, 5.74) is -0.109. The maximum Gasteiger partial charge on any atom is 0.145 e. The Morgan fingerprint density at radius 2 is 1.29 bits per heavy atom. The van der Waals surface area contributed by atoms with Crippen LogP contribution in [0.15, 0.2) is 78.2 Å². The molecular formula is C18H16O2S. The highest BCUT2D eigenvalue weighted by Gasteiger charge is 2.40. The molecular weight excluding hydrogens is 280 g/mol. The molecule has 2 aromatic carbocycles. The molecule has 2 N–H and O–H groups in total. The smallest absolute Gasteiger partial charge is 0.145 e. The summed E-state index contributed by atoms with van der Waals surface area (Å²) in [4.78, 5) is 0.741. The molecule has 1 heterocycles. The van der Waals surface area contributed by atoms with E-state index in [-0.39, 0.29) is 0 Å². The minimum Gasteiger partial charge on any atom is -0.384 e. The molecule has 0 bridgehead atoms. The summed E-state index contributed by atoms with van der Waals surface area (Å²) >= 11 is 1.44. The molecule has 3 heteroatoms. The molecule has 0 fully saturated rings. The van der Waals surface area contributed by atoms with Gasteiger partial charge in [0.2, 0.25) is 0 Å². The molecule has 0 spiro atoms. The first-order valence-corrected chi connectivity index (χ1v) is 7.66. The van der Waals surface area contributed by atoms with Crippen molar-refractivity contribution in [3.8, 4) is 0 Å². The zero-order valence-electron chi connectivity index (χ0n) is 11.4. The quantitative estimate of drug-likeness (QED) is 0.770. The van der Waals surface area contributed by atoms with Gasteiger partial charge in [0.05, 0.1) is 0 Å². The normalized spacial score (nSPS) is 13.0. The molecule has 0 aliphatic heterocycles. The van der Waals surface area contributed by atoms with Gasteiger partial charge in [-0.25, -0.2) is 0 Å². The zero-order valence-corrected chi connectivity index (χ0v) is 12.2. The van der Waals surface area contributed by atoms with Gasteiger partial charge in [-0.05, 0) is 22.6 Å². The first-order valence-electron chi connectivity index (χ1n) is 6.78. The molecule has 3 aromatic rings. The zero-order chi connectivity index (χ0) is 14.7. The molecule has 0 saturated carbocycles. The number of benzene rings is 2. The minimum atomic E-state index is -1.46. The maximum atomic E-state index is 11.4. The summed E-state index contributed by atoms with van der Waals surface area (Å²) in [5, 5.41) is 24.0. The van der Waals surface area contributed by atoms with Gasteiger partial charge in [-0.3, -0.25) is 0 Å². The van der Waals surface area contributed by atoms with Crippen molar-refractivity contribution in [1.82, 2.24) is 0 Å². The van der Waals surface area contributed by atoms with E-state index in [4.69, 9.17) is 0 Å². The fraction of sp³-hybridized carbons (Fsp3) is 0.111. The maximum absolute atomic E-state index is 11.4. The van der Waals surface area contributed by atoms with Crippen molar-refractivity contribution in [2.75, 3.05) is 0 Å². The third kappa shape index (κ3) is 2.51. The first kappa shape index (κ1) is 14.0. The summed E-state index contributed by atoms with van der Waals surface area (Å²) in [6.07, 6.45) is -1.01. The second kappa shape index (κ2) is 5.82. The van der Waals surface area contributed by atoms with Crippen molar-refractivity contribution in [1.29, 1.82) is 0 Å². The van der Waals surface area contributed by atoms with E-state index in [0.29, 0.717) is 11.1 Å². The van der Waals surface area contributed by atoms with E-state index in [1.807, 2.05) is 78.2 Å². The number of hydrogen-bond acceptors (Lipinski definition) is 3. The lowest BCUT2D eigenvalue weighted by Crippen LogP contribution is -2.34. The number of thiophene rings is 1. The molecule has 106 valence electrons. The predicted octanol–water partition coefficient (Wildman–Crippen LogP) is 3.72. The van der Waals surface area contributed by atoms with Crippen LogP contribution in [0.2, 0.25) is 0 Å². The van der Waals surface area contributed by atoms with Gasteiger partial charge in [0.15, 0.2) is 0 Å². The van der Waals surface area contributed by atoms with E-state index >= 15 is 0 Å². The average molecular weight is 296 g/mol.